The van der Waals surface area contributed by atoms with Crippen molar-refractivity contribution in [2.75, 3.05) is 7.11 Å². The number of methoxy groups -OCH3 is 1. The lowest BCUT2D eigenvalue weighted by molar-refractivity contribution is 0.373. The molecule has 0 saturated carbocycles. The van der Waals surface area contributed by atoms with Crippen LogP contribution in [0, 0.1) is 6.92 Å². The number of aromatic hydroxyl groups is 1. The fourth-order valence-electron chi connectivity index (χ4n) is 1.65. The Morgan fingerprint density at radius 3 is 2.89 bits per heavy atom. The molecule has 0 spiro atoms. The molecule has 1 heterocycles. The molecule has 18 heavy (non-hydrogen) atoms. The Morgan fingerprint density at radius 2 is 2.22 bits per heavy atom. The summed E-state index contributed by atoms with van der Waals surface area (Å²) < 4.78 is 5.07. The fraction of sp³-hybridized carbons (Fsp3) is 0.308. The highest BCUT2D eigenvalue weighted by atomic mass is 32.1. The Morgan fingerprint density at radius 1 is 1.39 bits per heavy atom. The highest BCUT2D eigenvalue weighted by Gasteiger charge is 2.03. The van der Waals surface area contributed by atoms with E-state index in [0.717, 1.165) is 23.7 Å². The normalized spacial score (nSPS) is 10.6. The lowest BCUT2D eigenvalue weighted by Crippen LogP contribution is -2.11. The van der Waals surface area contributed by atoms with Crippen LogP contribution in [0.1, 0.15) is 15.4 Å². The van der Waals surface area contributed by atoms with Crippen molar-refractivity contribution in [2.24, 2.45) is 0 Å². The Labute approximate surface area is 110 Å². The predicted octanol–water partition coefficient (Wildman–Crippen LogP) is 2.46. The Bertz CT molecular complexity index is 525. The molecule has 0 amide bonds. The third-order valence-corrected chi connectivity index (χ3v) is 3.45. The first kappa shape index (κ1) is 12.9. The summed E-state index contributed by atoms with van der Waals surface area (Å²) in [7, 11) is 1.55. The minimum absolute atomic E-state index is 0.166. The number of hydrogen-bond donors (Lipinski definition) is 2. The number of nitrogens with zero attached hydrogens (tertiary/aromatic N) is 1. The second-order valence-electron chi connectivity index (χ2n) is 3.96. The topological polar surface area (TPSA) is 54.4 Å². The summed E-state index contributed by atoms with van der Waals surface area (Å²) in [5.41, 5.74) is 1.07. The van der Waals surface area contributed by atoms with Crippen molar-refractivity contribution < 1.29 is 9.84 Å². The number of benzene rings is 1. The van der Waals surface area contributed by atoms with Gasteiger partial charge in [0.05, 0.1) is 12.1 Å². The molecule has 0 aliphatic rings. The zero-order chi connectivity index (χ0) is 13.0. The zero-order valence-corrected chi connectivity index (χ0v) is 11.3. The van der Waals surface area contributed by atoms with Gasteiger partial charge in [0, 0.05) is 24.2 Å². The monoisotopic (exact) mass is 264 g/mol. The van der Waals surface area contributed by atoms with Crippen molar-refractivity contribution >= 4 is 11.3 Å². The minimum atomic E-state index is 0.166. The number of ether oxygens (including phenoxy) is 1. The van der Waals surface area contributed by atoms with Crippen molar-refractivity contribution in [1.29, 1.82) is 0 Å². The highest BCUT2D eigenvalue weighted by Crippen LogP contribution is 2.26. The van der Waals surface area contributed by atoms with Crippen LogP contribution in [0.25, 0.3) is 0 Å². The third kappa shape index (κ3) is 3.21. The van der Waals surface area contributed by atoms with Crippen LogP contribution in [0.3, 0.4) is 0 Å². The van der Waals surface area contributed by atoms with Gasteiger partial charge >= 0.3 is 0 Å². The number of phenolic OH excluding ortho intramolecular Hbond substituents is 1. The maximum absolute atomic E-state index is 9.49. The van der Waals surface area contributed by atoms with Crippen LogP contribution in [-0.2, 0) is 13.1 Å². The Kier molecular flexibility index (Phi) is 4.17. The van der Waals surface area contributed by atoms with Crippen LogP contribution < -0.4 is 10.1 Å². The molecule has 1 aromatic heterocycles. The molecule has 0 radical (unpaired) electrons. The van der Waals surface area contributed by atoms with Gasteiger partial charge in [-0.05, 0) is 24.6 Å². The van der Waals surface area contributed by atoms with E-state index in [1.807, 2.05) is 25.3 Å². The number of nitrogens with one attached hydrogen (secondary N) is 1. The largest absolute Gasteiger partial charge is 0.504 e. The maximum Gasteiger partial charge on any atom is 0.160 e. The molecule has 0 atom stereocenters. The van der Waals surface area contributed by atoms with Crippen LogP contribution in [0.15, 0.2) is 24.4 Å². The van der Waals surface area contributed by atoms with E-state index in [-0.39, 0.29) is 5.75 Å². The molecule has 2 N–H and O–H groups in total. The van der Waals surface area contributed by atoms with Gasteiger partial charge in [0.15, 0.2) is 11.5 Å². The van der Waals surface area contributed by atoms with Gasteiger partial charge in [-0.1, -0.05) is 6.07 Å². The molecule has 2 rings (SSSR count). The lowest BCUT2D eigenvalue weighted by Gasteiger charge is -2.07. The molecule has 0 unspecified atom stereocenters. The van der Waals surface area contributed by atoms with E-state index in [9.17, 15) is 5.11 Å². The van der Waals surface area contributed by atoms with E-state index in [1.54, 1.807) is 24.5 Å². The van der Waals surface area contributed by atoms with E-state index in [0.29, 0.717) is 5.75 Å². The van der Waals surface area contributed by atoms with Crippen molar-refractivity contribution in [3.05, 3.63) is 39.8 Å². The van der Waals surface area contributed by atoms with Gasteiger partial charge in [-0.2, -0.15) is 0 Å². The van der Waals surface area contributed by atoms with Crippen molar-refractivity contribution in [1.82, 2.24) is 10.3 Å². The summed E-state index contributed by atoms with van der Waals surface area (Å²) >= 11 is 1.69. The summed E-state index contributed by atoms with van der Waals surface area (Å²) in [6.07, 6.45) is 1.89. The summed E-state index contributed by atoms with van der Waals surface area (Å²) in [5.74, 6) is 0.669. The molecule has 5 heteroatoms. The zero-order valence-electron chi connectivity index (χ0n) is 10.4. The second kappa shape index (κ2) is 5.84. The molecule has 0 aliphatic carbocycles. The highest BCUT2D eigenvalue weighted by molar-refractivity contribution is 7.11. The van der Waals surface area contributed by atoms with Gasteiger partial charge in [0.25, 0.3) is 0 Å². The van der Waals surface area contributed by atoms with E-state index >= 15 is 0 Å². The molecule has 1 aromatic carbocycles. The first-order chi connectivity index (χ1) is 8.69. The molecular formula is C13H16N2O2S. The van der Waals surface area contributed by atoms with Crippen LogP contribution in [-0.4, -0.2) is 17.2 Å². The molecule has 0 saturated heterocycles. The quantitative estimate of drug-likeness (QED) is 0.871. The molecule has 96 valence electrons. The van der Waals surface area contributed by atoms with Crippen LogP contribution in [0.2, 0.25) is 0 Å². The predicted molar refractivity (Wildman–Crippen MR) is 72.1 cm³/mol. The summed E-state index contributed by atoms with van der Waals surface area (Å²) in [5, 5.41) is 13.9. The number of aryl methyl sites for hydroxylation is 1. The summed E-state index contributed by atoms with van der Waals surface area (Å²) in [6, 6.07) is 5.36. The molecule has 0 aliphatic heterocycles. The van der Waals surface area contributed by atoms with Crippen LogP contribution >= 0.6 is 11.3 Å². The second-order valence-corrected chi connectivity index (χ2v) is 5.27. The van der Waals surface area contributed by atoms with Crippen LogP contribution in [0.4, 0.5) is 0 Å². The SMILES string of the molecule is COc1cc(CNCc2cnc(C)s2)ccc1O. The summed E-state index contributed by atoms with van der Waals surface area (Å²) in [4.78, 5) is 5.43. The number of aromatic nitrogens is 1. The molecule has 2 aromatic rings. The van der Waals surface area contributed by atoms with Gasteiger partial charge in [-0.15, -0.1) is 11.3 Å². The summed E-state index contributed by atoms with van der Waals surface area (Å²) in [6.45, 7) is 3.53. The smallest absolute Gasteiger partial charge is 0.160 e. The average Bonchev–Trinajstić information content (AvgIpc) is 2.77. The van der Waals surface area contributed by atoms with Gasteiger partial charge in [-0.25, -0.2) is 4.98 Å². The average molecular weight is 264 g/mol. The lowest BCUT2D eigenvalue weighted by atomic mass is 10.2. The van der Waals surface area contributed by atoms with E-state index in [1.165, 1.54) is 4.88 Å². The Hall–Kier alpha value is -1.59. The van der Waals surface area contributed by atoms with E-state index in [4.69, 9.17) is 4.74 Å². The van der Waals surface area contributed by atoms with Crippen molar-refractivity contribution in [2.45, 2.75) is 20.0 Å². The van der Waals surface area contributed by atoms with Gasteiger partial charge < -0.3 is 15.2 Å². The van der Waals surface area contributed by atoms with Gasteiger partial charge in [0.2, 0.25) is 0 Å². The number of rotatable bonds is 5. The fourth-order valence-corrected chi connectivity index (χ4v) is 2.41. The van der Waals surface area contributed by atoms with E-state index in [2.05, 4.69) is 10.3 Å². The maximum atomic E-state index is 9.49. The first-order valence-electron chi connectivity index (χ1n) is 5.67. The minimum Gasteiger partial charge on any atom is -0.504 e. The van der Waals surface area contributed by atoms with Crippen molar-refractivity contribution in [3.8, 4) is 11.5 Å². The number of hydrogen-bond acceptors (Lipinski definition) is 5. The van der Waals surface area contributed by atoms with E-state index < -0.39 is 0 Å². The Balaban J connectivity index is 1.90. The third-order valence-electron chi connectivity index (χ3n) is 2.54. The number of phenols is 1. The number of thiazole rings is 1. The molecule has 0 fully saturated rings. The van der Waals surface area contributed by atoms with Gasteiger partial charge in [0.1, 0.15) is 0 Å². The van der Waals surface area contributed by atoms with Gasteiger partial charge in [-0.3, -0.25) is 0 Å². The molecule has 4 nitrogen and oxygen atoms in total. The molecular weight excluding hydrogens is 248 g/mol. The standard InChI is InChI=1S/C13H16N2O2S/c1-9-15-8-11(18-9)7-14-6-10-3-4-12(16)13(5-10)17-2/h3-5,8,14,16H,6-7H2,1-2H3. The first-order valence-corrected chi connectivity index (χ1v) is 6.48. The van der Waals surface area contributed by atoms with Crippen molar-refractivity contribution in [3.63, 3.8) is 0 Å². The molecule has 0 bridgehead atoms. The van der Waals surface area contributed by atoms with Crippen LogP contribution in [0.5, 0.6) is 11.5 Å².